The lowest BCUT2D eigenvalue weighted by molar-refractivity contribution is 0.436. The summed E-state index contributed by atoms with van der Waals surface area (Å²) >= 11 is -2.86. The van der Waals surface area contributed by atoms with Crippen molar-refractivity contribution >= 4 is 11.4 Å². The van der Waals surface area contributed by atoms with Gasteiger partial charge >= 0.3 is 0 Å². The normalized spacial score (nSPS) is 11.3. The largest absolute Gasteiger partial charge is 0.750 e. The molecule has 5 heteroatoms. The first-order valence-corrected chi connectivity index (χ1v) is 1.93. The van der Waals surface area contributed by atoms with Crippen LogP contribution in [-0.2, 0) is 11.4 Å². The van der Waals surface area contributed by atoms with Crippen molar-refractivity contribution in [1.29, 1.82) is 0 Å². The van der Waals surface area contributed by atoms with Crippen LogP contribution in [-0.4, -0.2) is 20.5 Å². The zero-order chi connectivity index (χ0) is 5.58. The molecule has 0 rings (SSSR count). The van der Waals surface area contributed by atoms with Gasteiger partial charge in [-0.3, -0.25) is 4.39 Å². The Morgan fingerprint density at radius 1 is 1.83 bits per heavy atom. The molecular weight excluding hydrogens is 111 g/mol. The average Bonchev–Trinajstić information content (AvgIpc) is 1.41. The zero-order valence-electron chi connectivity index (χ0n) is 3.05. The molecule has 0 spiro atoms. The van der Waals surface area contributed by atoms with E-state index < -0.39 is 11.4 Å². The predicted octanol–water partition coefficient (Wildman–Crippen LogP) is -0.0758. The third kappa shape index (κ3) is 20799999999999997945627600845012992. The Bertz CT molecular complexity index is 33.8. The van der Waals surface area contributed by atoms with Crippen LogP contribution in [0.25, 0.3) is 0 Å². The van der Waals surface area contributed by atoms with E-state index in [2.05, 4.69) is 0 Å². The Balaban J connectivity index is 0. The summed E-state index contributed by atoms with van der Waals surface area (Å²) in [4.78, 5) is 0. The molecule has 0 saturated heterocycles. The monoisotopic (exact) mass is 115 g/mol. The van der Waals surface area contributed by atoms with Gasteiger partial charge in [-0.2, -0.15) is 0 Å². The van der Waals surface area contributed by atoms with Crippen LogP contribution in [0.2, 0.25) is 0 Å². The van der Waals surface area contributed by atoms with Crippen molar-refractivity contribution in [2.75, 3.05) is 7.18 Å². The topological polar surface area (TPSA) is 60.4 Å². The highest BCUT2D eigenvalue weighted by atomic mass is 32.2. The summed E-state index contributed by atoms with van der Waals surface area (Å²) in [6.45, 7) is 0. The van der Waals surface area contributed by atoms with Crippen LogP contribution in [0.4, 0.5) is 4.39 Å². The Hall–Kier alpha value is -0.0000000000000000416. The molecule has 0 aliphatic rings. The molecule has 0 heterocycles. The second-order valence-corrected chi connectivity index (χ2v) is 0.651. The van der Waals surface area contributed by atoms with E-state index in [9.17, 15) is 4.39 Å². The molecule has 1 atom stereocenters. The Morgan fingerprint density at radius 2 is 1.83 bits per heavy atom. The number of rotatable bonds is 0. The summed E-state index contributed by atoms with van der Waals surface area (Å²) in [6.07, 6.45) is 0. The van der Waals surface area contributed by atoms with Crippen LogP contribution in [0.3, 0.4) is 0 Å². The van der Waals surface area contributed by atoms with E-state index in [1.807, 2.05) is 0 Å². The van der Waals surface area contributed by atoms with Gasteiger partial charge in [0.2, 0.25) is 0 Å². The third-order valence-electron chi connectivity index (χ3n) is 0. The Labute approximate surface area is 37.3 Å². The van der Waals surface area contributed by atoms with Crippen molar-refractivity contribution in [3.63, 3.8) is 0 Å². The lowest BCUT2D eigenvalue weighted by Gasteiger charge is -1.83. The molecule has 0 aromatic carbocycles. The van der Waals surface area contributed by atoms with Gasteiger partial charge in [-0.05, 0) is 0 Å². The Morgan fingerprint density at radius 3 is 1.83 bits per heavy atom. The summed E-state index contributed by atoms with van der Waals surface area (Å²) in [5, 5.41) is 0. The summed E-state index contributed by atoms with van der Waals surface area (Å²) in [7, 11) is 0.500. The molecule has 0 bridgehead atoms. The van der Waals surface area contributed by atoms with Gasteiger partial charge in [-0.1, -0.05) is 0 Å². The van der Waals surface area contributed by atoms with E-state index in [0.717, 1.165) is 0 Å². The van der Waals surface area contributed by atoms with Crippen molar-refractivity contribution in [1.82, 2.24) is 0 Å². The van der Waals surface area contributed by atoms with Crippen LogP contribution in [0, 0.1) is 0 Å². The first kappa shape index (κ1) is 9.38. The standard InChI is InChI=1S/CH3F.H2O3S/c1-2;1-4(2)3/h1H3;(H2,1,2,3)/p-1. The van der Waals surface area contributed by atoms with E-state index in [1.54, 1.807) is 0 Å². The summed E-state index contributed by atoms with van der Waals surface area (Å²) in [6, 6.07) is 0. The quantitative estimate of drug-likeness (QED) is 0.449. The molecule has 1 N–H and O–H groups in total. The maximum absolute atomic E-state index is 9.50. The van der Waals surface area contributed by atoms with Crippen LogP contribution < -0.4 is 0 Å². The van der Waals surface area contributed by atoms with Gasteiger partial charge in [0.05, 0.1) is 18.5 Å². The first-order chi connectivity index (χ1) is 2.73. The molecule has 0 aliphatic carbocycles. The smallest absolute Gasteiger partial charge is 0.0814 e. The maximum atomic E-state index is 9.50. The number of hydrogen-bond acceptors (Lipinski definition) is 2. The van der Waals surface area contributed by atoms with Gasteiger partial charge in [0, 0.05) is 0 Å². The van der Waals surface area contributed by atoms with Crippen molar-refractivity contribution in [3.05, 3.63) is 0 Å². The van der Waals surface area contributed by atoms with Crippen molar-refractivity contribution < 1.29 is 17.7 Å². The van der Waals surface area contributed by atoms with Gasteiger partial charge in [0.15, 0.2) is 0 Å². The van der Waals surface area contributed by atoms with E-state index >= 15 is 0 Å². The SMILES string of the molecule is CF.O=S([O-])O. The lowest BCUT2D eigenvalue weighted by Crippen LogP contribution is -1.75. The fourth-order valence-electron chi connectivity index (χ4n) is 0. The molecule has 0 amide bonds. The molecule has 0 aromatic heterocycles. The van der Waals surface area contributed by atoms with Crippen LogP contribution in [0.15, 0.2) is 0 Å². The van der Waals surface area contributed by atoms with Crippen LogP contribution in [0.5, 0.6) is 0 Å². The van der Waals surface area contributed by atoms with Gasteiger partial charge in [0.25, 0.3) is 0 Å². The minimum atomic E-state index is -2.86. The molecule has 1 unspecified atom stereocenters. The highest BCUT2D eigenvalue weighted by Gasteiger charge is 1.42. The van der Waals surface area contributed by atoms with E-state index in [0.29, 0.717) is 7.18 Å². The first-order valence-electron chi connectivity index (χ1n) is 0.894. The fraction of sp³-hybridized carbons (Fsp3) is 1.00. The van der Waals surface area contributed by atoms with Crippen LogP contribution in [0.1, 0.15) is 0 Å². The summed E-state index contributed by atoms with van der Waals surface area (Å²) < 4.78 is 33.6. The molecule has 40 valence electrons. The van der Waals surface area contributed by atoms with E-state index in [4.69, 9.17) is 13.3 Å². The number of alkyl halides is 1. The Kier molecular flexibility index (Phi) is 13.9. The minimum Gasteiger partial charge on any atom is -0.750 e. The summed E-state index contributed by atoms with van der Waals surface area (Å²) in [5.74, 6) is 0. The van der Waals surface area contributed by atoms with Gasteiger partial charge in [-0.25, -0.2) is 4.21 Å². The molecule has 0 aliphatic heterocycles. The minimum absolute atomic E-state index is 0.500. The van der Waals surface area contributed by atoms with Crippen molar-refractivity contribution in [2.45, 2.75) is 0 Å². The molecule has 0 fully saturated rings. The predicted molar refractivity (Wildman–Crippen MR) is 18.6 cm³/mol. The molecule has 6 heavy (non-hydrogen) atoms. The lowest BCUT2D eigenvalue weighted by atomic mass is 11.9. The van der Waals surface area contributed by atoms with Gasteiger partial charge in [-0.15, -0.1) is 0 Å². The molecule has 3 nitrogen and oxygen atoms in total. The van der Waals surface area contributed by atoms with E-state index in [1.165, 1.54) is 0 Å². The average molecular weight is 115 g/mol. The highest BCUT2D eigenvalue weighted by Crippen LogP contribution is 1.43. The van der Waals surface area contributed by atoms with Crippen molar-refractivity contribution in [3.8, 4) is 0 Å². The van der Waals surface area contributed by atoms with E-state index in [-0.39, 0.29) is 0 Å². The maximum Gasteiger partial charge on any atom is 0.0814 e. The zero-order valence-corrected chi connectivity index (χ0v) is 3.87. The molecular formula is CH4FO3S-. The van der Waals surface area contributed by atoms with Gasteiger partial charge < -0.3 is 9.11 Å². The molecule has 0 radical (unpaired) electrons. The second-order valence-electron chi connectivity index (χ2n) is 0.217. The fourth-order valence-corrected chi connectivity index (χ4v) is 0. The number of hydrogen-bond donors (Lipinski definition) is 1. The third-order valence-corrected chi connectivity index (χ3v) is 0. The molecule has 0 aromatic rings. The number of halogens is 1. The highest BCUT2D eigenvalue weighted by molar-refractivity contribution is 7.73. The summed E-state index contributed by atoms with van der Waals surface area (Å²) in [5.41, 5.74) is 0. The van der Waals surface area contributed by atoms with Crippen molar-refractivity contribution in [2.24, 2.45) is 0 Å². The van der Waals surface area contributed by atoms with Crippen LogP contribution >= 0.6 is 0 Å². The second kappa shape index (κ2) is 8.89. The van der Waals surface area contributed by atoms with Gasteiger partial charge in [0.1, 0.15) is 0 Å². The molecule has 0 saturated carbocycles.